The molecule has 0 amide bonds. The third-order valence-electron chi connectivity index (χ3n) is 1.49. The number of methoxy groups -OCH3 is 1. The van der Waals surface area contributed by atoms with Gasteiger partial charge in [-0.25, -0.2) is 4.79 Å². The lowest BCUT2D eigenvalue weighted by molar-refractivity contribution is -0.366. The number of ether oxygens (including phenoxy) is 1. The van der Waals surface area contributed by atoms with Crippen LogP contribution >= 0.6 is 0 Å². The molecular weight excluding hydrogens is 250 g/mol. The Morgan fingerprint density at radius 3 is 1.62 bits per heavy atom. The molecular formula is C6H3F6O4-. The SMILES string of the molecule is COC(=O)C(F)(F)C(F)(F)C(F)(F)C(=O)[O-]. The maximum atomic E-state index is 12.5. The molecule has 0 aromatic rings. The summed E-state index contributed by atoms with van der Waals surface area (Å²) >= 11 is 0. The van der Waals surface area contributed by atoms with Gasteiger partial charge < -0.3 is 14.6 Å². The molecule has 0 heterocycles. The Balaban J connectivity index is 5.51. The highest BCUT2D eigenvalue weighted by Gasteiger charge is 2.76. The molecule has 0 N–H and O–H groups in total. The summed E-state index contributed by atoms with van der Waals surface area (Å²) in [5.41, 5.74) is 0. The number of carbonyl (C=O) groups is 2. The summed E-state index contributed by atoms with van der Waals surface area (Å²) in [7, 11) is 0.240. The van der Waals surface area contributed by atoms with Gasteiger partial charge in [0.25, 0.3) is 0 Å². The van der Waals surface area contributed by atoms with Gasteiger partial charge in [-0.3, -0.25) is 0 Å². The van der Waals surface area contributed by atoms with Crippen LogP contribution in [0.1, 0.15) is 0 Å². The first-order chi connectivity index (χ1) is 6.92. The van der Waals surface area contributed by atoms with Gasteiger partial charge >= 0.3 is 23.7 Å². The second-order valence-corrected chi connectivity index (χ2v) is 2.50. The van der Waals surface area contributed by atoms with Crippen LogP contribution in [0.4, 0.5) is 26.3 Å². The van der Waals surface area contributed by atoms with Crippen LogP contribution in [0.15, 0.2) is 0 Å². The molecule has 0 aliphatic rings. The molecule has 10 heteroatoms. The van der Waals surface area contributed by atoms with E-state index in [1.807, 2.05) is 0 Å². The third kappa shape index (κ3) is 1.78. The van der Waals surface area contributed by atoms with Crippen molar-refractivity contribution in [3.63, 3.8) is 0 Å². The lowest BCUT2D eigenvalue weighted by atomic mass is 10.1. The van der Waals surface area contributed by atoms with E-state index in [1.165, 1.54) is 0 Å². The molecule has 0 unspecified atom stereocenters. The summed E-state index contributed by atoms with van der Waals surface area (Å²) in [6, 6.07) is 0. The van der Waals surface area contributed by atoms with Crippen molar-refractivity contribution in [2.75, 3.05) is 7.11 Å². The number of hydrogen-bond donors (Lipinski definition) is 0. The summed E-state index contributed by atoms with van der Waals surface area (Å²) in [4.78, 5) is 19.7. The van der Waals surface area contributed by atoms with E-state index in [0.717, 1.165) is 0 Å². The van der Waals surface area contributed by atoms with Crippen molar-refractivity contribution in [2.24, 2.45) is 0 Å². The molecule has 0 radical (unpaired) electrons. The zero-order valence-corrected chi connectivity index (χ0v) is 7.40. The van der Waals surface area contributed by atoms with Crippen molar-refractivity contribution in [1.82, 2.24) is 0 Å². The van der Waals surface area contributed by atoms with Gasteiger partial charge in [-0.15, -0.1) is 0 Å². The quantitative estimate of drug-likeness (QED) is 0.514. The summed E-state index contributed by atoms with van der Waals surface area (Å²) in [6.45, 7) is 0. The molecule has 0 atom stereocenters. The second-order valence-electron chi connectivity index (χ2n) is 2.50. The monoisotopic (exact) mass is 253 g/mol. The van der Waals surface area contributed by atoms with Crippen molar-refractivity contribution in [3.8, 4) is 0 Å². The van der Waals surface area contributed by atoms with Crippen LogP contribution in [0, 0.1) is 0 Å². The zero-order valence-electron chi connectivity index (χ0n) is 7.40. The normalized spacial score (nSPS) is 13.4. The van der Waals surface area contributed by atoms with Crippen molar-refractivity contribution < 1.29 is 45.8 Å². The van der Waals surface area contributed by atoms with Crippen LogP contribution < -0.4 is 5.11 Å². The van der Waals surface area contributed by atoms with E-state index >= 15 is 0 Å². The minimum Gasteiger partial charge on any atom is -0.544 e. The van der Waals surface area contributed by atoms with Crippen LogP contribution in [0.3, 0.4) is 0 Å². The number of aliphatic carboxylic acids is 1. The van der Waals surface area contributed by atoms with E-state index in [4.69, 9.17) is 0 Å². The van der Waals surface area contributed by atoms with Crippen LogP contribution in [-0.2, 0) is 14.3 Å². The van der Waals surface area contributed by atoms with Gasteiger partial charge in [-0.1, -0.05) is 0 Å². The van der Waals surface area contributed by atoms with E-state index in [2.05, 4.69) is 4.74 Å². The topological polar surface area (TPSA) is 66.4 Å². The molecule has 94 valence electrons. The van der Waals surface area contributed by atoms with Crippen LogP contribution in [-0.4, -0.2) is 36.8 Å². The van der Waals surface area contributed by atoms with Crippen molar-refractivity contribution in [3.05, 3.63) is 0 Å². The number of carboxylic acids is 1. The van der Waals surface area contributed by atoms with Crippen LogP contribution in [0.25, 0.3) is 0 Å². The van der Waals surface area contributed by atoms with Gasteiger partial charge in [-0.05, 0) is 0 Å². The van der Waals surface area contributed by atoms with Crippen molar-refractivity contribution in [1.29, 1.82) is 0 Å². The fraction of sp³-hybridized carbons (Fsp3) is 0.667. The van der Waals surface area contributed by atoms with Gasteiger partial charge in [0.2, 0.25) is 0 Å². The Morgan fingerprint density at radius 2 is 1.38 bits per heavy atom. The first-order valence-electron chi connectivity index (χ1n) is 3.36. The summed E-state index contributed by atoms with van der Waals surface area (Å²) < 4.78 is 77.4. The van der Waals surface area contributed by atoms with Crippen molar-refractivity contribution >= 4 is 11.9 Å². The Labute approximate surface area is 83.8 Å². The van der Waals surface area contributed by atoms with E-state index in [0.29, 0.717) is 0 Å². The number of carboxylic acid groups (broad SMARTS) is 1. The number of carbonyl (C=O) groups excluding carboxylic acids is 2. The minimum atomic E-state index is -6.47. The molecule has 0 fully saturated rings. The predicted molar refractivity (Wildman–Crippen MR) is 31.9 cm³/mol. The number of rotatable bonds is 4. The van der Waals surface area contributed by atoms with E-state index in [9.17, 15) is 41.0 Å². The molecule has 0 aliphatic carbocycles. The second kappa shape index (κ2) is 3.83. The molecule has 0 aromatic carbocycles. The number of esters is 1. The molecule has 4 nitrogen and oxygen atoms in total. The van der Waals surface area contributed by atoms with E-state index in [1.54, 1.807) is 0 Å². The Kier molecular flexibility index (Phi) is 3.48. The summed E-state index contributed by atoms with van der Waals surface area (Å²) in [5.74, 6) is -25.4. The minimum absolute atomic E-state index is 0.240. The molecule has 16 heavy (non-hydrogen) atoms. The highest BCUT2D eigenvalue weighted by molar-refractivity contribution is 5.82. The number of alkyl halides is 6. The fourth-order valence-corrected chi connectivity index (χ4v) is 0.582. The third-order valence-corrected chi connectivity index (χ3v) is 1.49. The average molecular weight is 253 g/mol. The first kappa shape index (κ1) is 14.5. The standard InChI is InChI=1S/C6H4F6O4/c1-16-3(15)5(9,10)6(11,12)4(7,8)2(13)14/h1H3,(H,13,14)/p-1. The highest BCUT2D eigenvalue weighted by Crippen LogP contribution is 2.45. The smallest absolute Gasteiger partial charge is 0.411 e. The maximum absolute atomic E-state index is 12.5. The Morgan fingerprint density at radius 1 is 1.00 bits per heavy atom. The van der Waals surface area contributed by atoms with Gasteiger partial charge in [-0.2, -0.15) is 26.3 Å². The lowest BCUT2D eigenvalue weighted by Gasteiger charge is -2.31. The predicted octanol–water partition coefficient (Wildman–Crippen LogP) is -0.185. The summed E-state index contributed by atoms with van der Waals surface area (Å²) in [6.07, 6.45) is 0. The van der Waals surface area contributed by atoms with Gasteiger partial charge in [0.15, 0.2) is 0 Å². The molecule has 0 spiro atoms. The zero-order chi connectivity index (χ0) is 13.4. The lowest BCUT2D eigenvalue weighted by Crippen LogP contribution is -2.64. The molecule has 0 saturated carbocycles. The molecule has 0 aromatic heterocycles. The first-order valence-corrected chi connectivity index (χ1v) is 3.36. The van der Waals surface area contributed by atoms with E-state index in [-0.39, 0.29) is 7.11 Å². The average Bonchev–Trinajstić information content (AvgIpc) is 2.15. The molecule has 0 aliphatic heterocycles. The fourth-order valence-electron chi connectivity index (χ4n) is 0.582. The van der Waals surface area contributed by atoms with Crippen LogP contribution in [0.2, 0.25) is 0 Å². The Bertz CT molecular complexity index is 312. The molecule has 0 rings (SSSR count). The molecule has 0 bridgehead atoms. The Hall–Kier alpha value is -1.48. The van der Waals surface area contributed by atoms with Gasteiger partial charge in [0, 0.05) is 0 Å². The summed E-state index contributed by atoms with van der Waals surface area (Å²) in [5, 5.41) is 9.60. The maximum Gasteiger partial charge on any atom is 0.411 e. The van der Waals surface area contributed by atoms with Gasteiger partial charge in [0.1, 0.15) is 5.97 Å². The number of hydrogen-bond acceptors (Lipinski definition) is 4. The van der Waals surface area contributed by atoms with Crippen LogP contribution in [0.5, 0.6) is 0 Å². The number of halogens is 6. The van der Waals surface area contributed by atoms with Gasteiger partial charge in [0.05, 0.1) is 7.11 Å². The largest absolute Gasteiger partial charge is 0.544 e. The highest BCUT2D eigenvalue weighted by atomic mass is 19.3. The van der Waals surface area contributed by atoms with E-state index < -0.39 is 29.7 Å². The van der Waals surface area contributed by atoms with Crippen molar-refractivity contribution in [2.45, 2.75) is 17.8 Å². The molecule has 0 saturated heterocycles.